The molecule has 0 aliphatic carbocycles. The molecule has 1 N–H and O–H groups in total. The van der Waals surface area contributed by atoms with Gasteiger partial charge in [0, 0.05) is 6.54 Å². The van der Waals surface area contributed by atoms with Crippen LogP contribution in [0.1, 0.15) is 17.8 Å². The molecule has 1 rings (SSSR count). The van der Waals surface area contributed by atoms with Crippen molar-refractivity contribution in [1.82, 2.24) is 9.97 Å². The average Bonchev–Trinajstić information content (AvgIpc) is 2.30. The highest BCUT2D eigenvalue weighted by molar-refractivity contribution is 6.31. The van der Waals surface area contributed by atoms with E-state index in [0.717, 1.165) is 17.8 Å². The summed E-state index contributed by atoms with van der Waals surface area (Å²) in [6.45, 7) is 9.38. The molecule has 0 aromatic carbocycles. The Kier molecular flexibility index (Phi) is 5.94. The van der Waals surface area contributed by atoms with Gasteiger partial charge in [-0.15, -0.1) is 6.58 Å². The van der Waals surface area contributed by atoms with Crippen molar-refractivity contribution in [1.29, 1.82) is 0 Å². The molecule has 0 spiro atoms. The summed E-state index contributed by atoms with van der Waals surface area (Å²) in [6.07, 6.45) is 2.70. The van der Waals surface area contributed by atoms with Crippen LogP contribution in [0, 0.1) is 13.8 Å². The number of halogens is 1. The topological polar surface area (TPSA) is 47.0 Å². The van der Waals surface area contributed by atoms with E-state index in [-0.39, 0.29) is 0 Å². The molecule has 1 heterocycles. The van der Waals surface area contributed by atoms with Crippen LogP contribution in [-0.2, 0) is 4.74 Å². The first kappa shape index (κ1) is 13.9. The van der Waals surface area contributed by atoms with E-state index < -0.39 is 0 Å². The number of hydrogen-bond donors (Lipinski definition) is 1. The minimum Gasteiger partial charge on any atom is -0.379 e. The third kappa shape index (κ3) is 4.71. The van der Waals surface area contributed by atoms with Crippen LogP contribution in [0.15, 0.2) is 12.7 Å². The minimum absolute atomic E-state index is 0.402. The molecule has 0 unspecified atom stereocenters. The molecule has 1 aromatic heterocycles. The molecule has 17 heavy (non-hydrogen) atoms. The van der Waals surface area contributed by atoms with Crippen molar-refractivity contribution in [3.05, 3.63) is 29.2 Å². The van der Waals surface area contributed by atoms with Crippen molar-refractivity contribution in [2.75, 3.05) is 25.1 Å². The van der Waals surface area contributed by atoms with Crippen LogP contribution in [0.25, 0.3) is 0 Å². The summed E-state index contributed by atoms with van der Waals surface area (Å²) in [5.41, 5.74) is 1.73. The molecule has 0 aliphatic heterocycles. The highest BCUT2D eigenvalue weighted by atomic mass is 35.5. The maximum absolute atomic E-state index is 5.97. The van der Waals surface area contributed by atoms with Crippen LogP contribution in [0.3, 0.4) is 0 Å². The molecule has 0 radical (unpaired) electrons. The van der Waals surface area contributed by atoms with Crippen LogP contribution in [0.2, 0.25) is 5.15 Å². The molecule has 4 nitrogen and oxygen atoms in total. The Bertz CT molecular complexity index is 382. The van der Waals surface area contributed by atoms with Crippen molar-refractivity contribution >= 4 is 17.4 Å². The van der Waals surface area contributed by atoms with E-state index >= 15 is 0 Å². The summed E-state index contributed by atoms with van der Waals surface area (Å²) < 4.78 is 5.36. The van der Waals surface area contributed by atoms with Gasteiger partial charge >= 0.3 is 0 Å². The number of aryl methyl sites for hydroxylation is 2. The summed E-state index contributed by atoms with van der Waals surface area (Å²) in [5, 5.41) is 3.50. The molecule has 1 aromatic rings. The maximum atomic E-state index is 5.97. The van der Waals surface area contributed by atoms with Crippen LogP contribution in [-0.4, -0.2) is 29.7 Å². The van der Waals surface area contributed by atoms with Crippen LogP contribution in [0.5, 0.6) is 0 Å². The largest absolute Gasteiger partial charge is 0.379 e. The Morgan fingerprint density at radius 1 is 1.29 bits per heavy atom. The average molecular weight is 256 g/mol. The molecule has 0 bridgehead atoms. The van der Waals surface area contributed by atoms with Gasteiger partial charge in [-0.25, -0.2) is 9.97 Å². The second-order valence-corrected chi connectivity index (χ2v) is 4.01. The Morgan fingerprint density at radius 2 is 2.00 bits per heavy atom. The Hall–Kier alpha value is -1.13. The van der Waals surface area contributed by atoms with Gasteiger partial charge in [0.05, 0.1) is 24.6 Å². The van der Waals surface area contributed by atoms with Crippen LogP contribution in [0.4, 0.5) is 5.82 Å². The predicted molar refractivity (Wildman–Crippen MR) is 70.6 cm³/mol. The lowest BCUT2D eigenvalue weighted by molar-refractivity contribution is 0.149. The Labute approximate surface area is 107 Å². The van der Waals surface area contributed by atoms with Crippen molar-refractivity contribution in [2.24, 2.45) is 0 Å². The van der Waals surface area contributed by atoms with Gasteiger partial charge in [-0.3, -0.25) is 0 Å². The fourth-order valence-electron chi connectivity index (χ4n) is 1.20. The van der Waals surface area contributed by atoms with Gasteiger partial charge in [0.25, 0.3) is 0 Å². The molecule has 0 fully saturated rings. The number of rotatable bonds is 7. The lowest BCUT2D eigenvalue weighted by atomic mass is 10.3. The summed E-state index contributed by atoms with van der Waals surface area (Å²) in [5.74, 6) is 0.613. The number of hydrogen-bond acceptors (Lipinski definition) is 4. The van der Waals surface area contributed by atoms with Crippen LogP contribution < -0.4 is 5.32 Å². The predicted octanol–water partition coefficient (Wildman–Crippen LogP) is 2.75. The summed E-state index contributed by atoms with van der Waals surface area (Å²) in [7, 11) is 0. The SMILES string of the molecule is C=CCCOCCNc1nc(C)c(C)nc1Cl. The quantitative estimate of drug-likeness (QED) is 0.601. The Balaban J connectivity index is 2.36. The fourth-order valence-corrected chi connectivity index (χ4v) is 1.43. The number of anilines is 1. The number of nitrogens with one attached hydrogen (secondary N) is 1. The smallest absolute Gasteiger partial charge is 0.171 e. The minimum atomic E-state index is 0.402. The van der Waals surface area contributed by atoms with E-state index in [1.165, 1.54) is 0 Å². The van der Waals surface area contributed by atoms with Crippen molar-refractivity contribution in [3.8, 4) is 0 Å². The maximum Gasteiger partial charge on any atom is 0.171 e. The molecular formula is C12H18ClN3O. The van der Waals surface area contributed by atoms with Crippen molar-refractivity contribution in [3.63, 3.8) is 0 Å². The molecule has 5 heteroatoms. The third-order valence-electron chi connectivity index (χ3n) is 2.27. The monoisotopic (exact) mass is 255 g/mol. The van der Waals surface area contributed by atoms with Gasteiger partial charge in [-0.2, -0.15) is 0 Å². The summed E-state index contributed by atoms with van der Waals surface area (Å²) in [6, 6.07) is 0. The number of aromatic nitrogens is 2. The molecule has 0 saturated heterocycles. The van der Waals surface area contributed by atoms with E-state index in [4.69, 9.17) is 16.3 Å². The second-order valence-electron chi connectivity index (χ2n) is 3.65. The molecular weight excluding hydrogens is 238 g/mol. The van der Waals surface area contributed by atoms with Gasteiger partial charge < -0.3 is 10.1 Å². The lowest BCUT2D eigenvalue weighted by Crippen LogP contribution is -2.12. The first-order valence-corrected chi connectivity index (χ1v) is 5.96. The standard InChI is InChI=1S/C12H18ClN3O/c1-4-5-7-17-8-6-14-12-11(13)15-9(2)10(3)16-12/h4H,1,5-8H2,2-3H3,(H,14,16). The van der Waals surface area contributed by atoms with Gasteiger partial charge in [0.2, 0.25) is 0 Å². The first-order valence-electron chi connectivity index (χ1n) is 5.58. The first-order chi connectivity index (χ1) is 8.15. The third-order valence-corrected chi connectivity index (χ3v) is 2.53. The van der Waals surface area contributed by atoms with E-state index in [9.17, 15) is 0 Å². The zero-order chi connectivity index (χ0) is 12.7. The normalized spacial score (nSPS) is 10.3. The summed E-state index contributed by atoms with van der Waals surface area (Å²) >= 11 is 5.97. The number of nitrogens with zero attached hydrogens (tertiary/aromatic N) is 2. The van der Waals surface area contributed by atoms with Gasteiger partial charge in [-0.1, -0.05) is 17.7 Å². The van der Waals surface area contributed by atoms with Gasteiger partial charge in [-0.05, 0) is 20.3 Å². The van der Waals surface area contributed by atoms with E-state index in [1.54, 1.807) is 0 Å². The Morgan fingerprint density at radius 3 is 2.71 bits per heavy atom. The van der Waals surface area contributed by atoms with Crippen molar-refractivity contribution < 1.29 is 4.74 Å². The van der Waals surface area contributed by atoms with Crippen molar-refractivity contribution in [2.45, 2.75) is 20.3 Å². The number of ether oxygens (including phenoxy) is 1. The van der Waals surface area contributed by atoms with Gasteiger partial charge in [0.15, 0.2) is 11.0 Å². The highest BCUT2D eigenvalue weighted by Gasteiger charge is 2.05. The zero-order valence-corrected chi connectivity index (χ0v) is 11.0. The fraction of sp³-hybridized carbons (Fsp3) is 0.500. The van der Waals surface area contributed by atoms with E-state index in [1.807, 2.05) is 19.9 Å². The van der Waals surface area contributed by atoms with E-state index in [2.05, 4.69) is 21.9 Å². The lowest BCUT2D eigenvalue weighted by Gasteiger charge is -2.09. The molecule has 94 valence electrons. The van der Waals surface area contributed by atoms with E-state index in [0.29, 0.717) is 30.7 Å². The molecule has 0 aliphatic rings. The van der Waals surface area contributed by atoms with Gasteiger partial charge in [0.1, 0.15) is 0 Å². The highest BCUT2D eigenvalue weighted by Crippen LogP contribution is 2.17. The van der Waals surface area contributed by atoms with Crippen LogP contribution >= 0.6 is 11.6 Å². The molecule has 0 amide bonds. The second kappa shape index (κ2) is 7.25. The molecule has 0 atom stereocenters. The zero-order valence-electron chi connectivity index (χ0n) is 10.3. The molecule has 0 saturated carbocycles. The summed E-state index contributed by atoms with van der Waals surface area (Å²) in [4.78, 5) is 8.52.